The lowest BCUT2D eigenvalue weighted by Crippen LogP contribution is -2.23. The van der Waals surface area contributed by atoms with Crippen molar-refractivity contribution in [1.82, 2.24) is 15.1 Å². The van der Waals surface area contributed by atoms with Crippen molar-refractivity contribution in [3.8, 4) is 0 Å². The molecule has 1 aliphatic heterocycles. The minimum atomic E-state index is 0.174. The van der Waals surface area contributed by atoms with Crippen LogP contribution in [-0.4, -0.2) is 27.9 Å². The zero-order chi connectivity index (χ0) is 13.7. The highest BCUT2D eigenvalue weighted by Crippen LogP contribution is 2.36. The molecule has 0 spiro atoms. The maximum absolute atomic E-state index is 4.33. The van der Waals surface area contributed by atoms with E-state index in [1.807, 2.05) is 23.9 Å². The number of rotatable bonds is 5. The first-order valence-corrected chi connectivity index (χ1v) is 7.44. The van der Waals surface area contributed by atoms with Gasteiger partial charge in [0.2, 0.25) is 0 Å². The molecule has 4 heteroatoms. The van der Waals surface area contributed by atoms with E-state index in [0.29, 0.717) is 0 Å². The number of likely N-dealkylation sites (N-methyl/N-ethyl adjacent to an activating group) is 1. The summed E-state index contributed by atoms with van der Waals surface area (Å²) < 4.78 is 0. The van der Waals surface area contributed by atoms with Crippen LogP contribution in [-0.2, 0) is 0 Å². The Balaban J connectivity index is 2.25. The predicted molar refractivity (Wildman–Crippen MR) is 82.6 cm³/mol. The van der Waals surface area contributed by atoms with Gasteiger partial charge in [-0.15, -0.1) is 11.8 Å². The fourth-order valence-electron chi connectivity index (χ4n) is 1.96. The first kappa shape index (κ1) is 13.9. The van der Waals surface area contributed by atoms with Gasteiger partial charge in [0, 0.05) is 12.0 Å². The van der Waals surface area contributed by atoms with Gasteiger partial charge in [-0.05, 0) is 48.7 Å². The minimum Gasteiger partial charge on any atom is -0.367 e. The molecule has 2 heterocycles. The molecule has 19 heavy (non-hydrogen) atoms. The van der Waals surface area contributed by atoms with Crippen molar-refractivity contribution in [3.63, 3.8) is 0 Å². The van der Waals surface area contributed by atoms with E-state index < -0.39 is 0 Å². The molecule has 0 bridgehead atoms. The molecule has 100 valence electrons. The smallest absolute Gasteiger partial charge is 0.104 e. The fraction of sp³-hybridized carbons (Fsp3) is 0.333. The van der Waals surface area contributed by atoms with E-state index in [-0.39, 0.29) is 6.04 Å². The molecular formula is C15H19N3S. The summed E-state index contributed by atoms with van der Waals surface area (Å²) in [4.78, 5) is 3.50. The molecule has 1 aliphatic rings. The zero-order valence-electron chi connectivity index (χ0n) is 11.4. The lowest BCUT2D eigenvalue weighted by Gasteiger charge is -2.30. The van der Waals surface area contributed by atoms with Gasteiger partial charge in [0.1, 0.15) is 6.04 Å². The Hall–Kier alpha value is -1.55. The molecule has 3 nitrogen and oxygen atoms in total. The molecule has 1 aromatic rings. The number of hydrogen-bond donors (Lipinski definition) is 0. The molecule has 2 rings (SSSR count). The summed E-state index contributed by atoms with van der Waals surface area (Å²) in [6.45, 7) is 5.90. The number of nitrogens with zero attached hydrogens (tertiary/aromatic N) is 3. The second-order valence-electron chi connectivity index (χ2n) is 4.41. The average molecular weight is 273 g/mol. The van der Waals surface area contributed by atoms with Crippen LogP contribution >= 0.6 is 11.8 Å². The van der Waals surface area contributed by atoms with Gasteiger partial charge < -0.3 is 4.90 Å². The van der Waals surface area contributed by atoms with Gasteiger partial charge in [0.05, 0.1) is 11.4 Å². The van der Waals surface area contributed by atoms with E-state index in [9.17, 15) is 0 Å². The van der Waals surface area contributed by atoms with Crippen LogP contribution in [0.15, 0.2) is 42.0 Å². The van der Waals surface area contributed by atoms with Crippen LogP contribution in [0.25, 0.3) is 6.08 Å². The van der Waals surface area contributed by atoms with Gasteiger partial charge in [0.25, 0.3) is 0 Å². The zero-order valence-corrected chi connectivity index (χ0v) is 12.2. The van der Waals surface area contributed by atoms with E-state index in [0.717, 1.165) is 17.1 Å². The summed E-state index contributed by atoms with van der Waals surface area (Å²) in [6.07, 6.45) is 9.21. The van der Waals surface area contributed by atoms with Gasteiger partial charge in [-0.1, -0.05) is 13.5 Å². The van der Waals surface area contributed by atoms with Crippen LogP contribution in [0.5, 0.6) is 0 Å². The number of allylic oxidation sites excluding steroid dienone is 2. The molecule has 1 unspecified atom stereocenters. The van der Waals surface area contributed by atoms with E-state index in [1.54, 1.807) is 6.08 Å². The summed E-state index contributed by atoms with van der Waals surface area (Å²) in [5.41, 5.74) is 1.79. The summed E-state index contributed by atoms with van der Waals surface area (Å²) in [6, 6.07) is 4.17. The van der Waals surface area contributed by atoms with Crippen molar-refractivity contribution < 1.29 is 0 Å². The maximum Gasteiger partial charge on any atom is 0.104 e. The van der Waals surface area contributed by atoms with Crippen molar-refractivity contribution >= 4 is 17.8 Å². The van der Waals surface area contributed by atoms with Gasteiger partial charge in [-0.25, -0.2) is 0 Å². The molecule has 0 aliphatic carbocycles. The highest BCUT2D eigenvalue weighted by atomic mass is 32.2. The Kier molecular flexibility index (Phi) is 4.80. The molecule has 0 aromatic carbocycles. The Morgan fingerprint density at radius 1 is 1.42 bits per heavy atom. The molecular weight excluding hydrogens is 254 g/mol. The number of hydrogen-bond acceptors (Lipinski definition) is 4. The molecule has 0 radical (unpaired) electrons. The van der Waals surface area contributed by atoms with Gasteiger partial charge in [-0.2, -0.15) is 10.2 Å². The Labute approximate surface area is 119 Å². The molecule has 1 atom stereocenters. The maximum atomic E-state index is 4.33. The largest absolute Gasteiger partial charge is 0.367 e. The van der Waals surface area contributed by atoms with E-state index >= 15 is 0 Å². The topological polar surface area (TPSA) is 29.0 Å². The third-order valence-electron chi connectivity index (χ3n) is 2.93. The third kappa shape index (κ3) is 3.26. The van der Waals surface area contributed by atoms with Crippen LogP contribution in [0.1, 0.15) is 30.8 Å². The van der Waals surface area contributed by atoms with Crippen molar-refractivity contribution in [3.05, 3.63) is 53.4 Å². The van der Waals surface area contributed by atoms with Crippen LogP contribution in [0.3, 0.4) is 0 Å². The molecule has 0 amide bonds. The Bertz CT molecular complexity index is 491. The van der Waals surface area contributed by atoms with Crippen molar-refractivity contribution in [2.45, 2.75) is 19.4 Å². The minimum absolute atomic E-state index is 0.174. The standard InChI is InChI=1S/C15H19N3S/c1-4-11-19-14-7-6-10-18(3)15(14)13-9-8-12(5-2)16-17-13/h5-10,15H,2,4,11H2,1,3H3. The fourth-order valence-corrected chi connectivity index (χ4v) is 3.02. The third-order valence-corrected chi connectivity index (χ3v) is 4.23. The summed E-state index contributed by atoms with van der Waals surface area (Å²) in [7, 11) is 2.07. The highest BCUT2D eigenvalue weighted by molar-refractivity contribution is 8.03. The lowest BCUT2D eigenvalue weighted by atomic mass is 10.1. The quantitative estimate of drug-likeness (QED) is 0.819. The molecule has 0 saturated heterocycles. The van der Waals surface area contributed by atoms with Crippen LogP contribution in [0.4, 0.5) is 0 Å². The van der Waals surface area contributed by atoms with E-state index in [4.69, 9.17) is 0 Å². The normalized spacial score (nSPS) is 18.3. The SMILES string of the molecule is C=Cc1ccc(C2C(SCCC)=CC=CN2C)nn1. The van der Waals surface area contributed by atoms with E-state index in [2.05, 4.69) is 54.0 Å². The number of thioether (sulfide) groups is 1. The van der Waals surface area contributed by atoms with Crippen LogP contribution in [0, 0.1) is 0 Å². The van der Waals surface area contributed by atoms with Crippen molar-refractivity contribution in [2.24, 2.45) is 0 Å². The monoisotopic (exact) mass is 273 g/mol. The van der Waals surface area contributed by atoms with Crippen molar-refractivity contribution in [1.29, 1.82) is 0 Å². The number of aromatic nitrogens is 2. The first-order chi connectivity index (χ1) is 9.26. The molecule has 0 saturated carbocycles. The summed E-state index contributed by atoms with van der Waals surface area (Å²) >= 11 is 1.89. The Morgan fingerprint density at radius 3 is 2.89 bits per heavy atom. The second kappa shape index (κ2) is 6.57. The van der Waals surface area contributed by atoms with E-state index in [1.165, 1.54) is 11.3 Å². The highest BCUT2D eigenvalue weighted by Gasteiger charge is 2.23. The Morgan fingerprint density at radius 2 is 2.26 bits per heavy atom. The van der Waals surface area contributed by atoms with Crippen LogP contribution in [0.2, 0.25) is 0 Å². The second-order valence-corrected chi connectivity index (χ2v) is 5.58. The lowest BCUT2D eigenvalue weighted by molar-refractivity contribution is 0.376. The first-order valence-electron chi connectivity index (χ1n) is 6.45. The van der Waals surface area contributed by atoms with Gasteiger partial charge in [-0.3, -0.25) is 0 Å². The van der Waals surface area contributed by atoms with Crippen molar-refractivity contribution in [2.75, 3.05) is 12.8 Å². The summed E-state index contributed by atoms with van der Waals surface area (Å²) in [5.74, 6) is 1.13. The van der Waals surface area contributed by atoms with Gasteiger partial charge in [0.15, 0.2) is 0 Å². The summed E-state index contributed by atoms with van der Waals surface area (Å²) in [5, 5.41) is 8.50. The molecule has 0 N–H and O–H groups in total. The average Bonchev–Trinajstić information content (AvgIpc) is 2.45. The van der Waals surface area contributed by atoms with Crippen LogP contribution < -0.4 is 0 Å². The predicted octanol–water partition coefficient (Wildman–Crippen LogP) is 3.65. The molecule has 1 aromatic heterocycles. The molecule has 0 fully saturated rings. The van der Waals surface area contributed by atoms with Gasteiger partial charge >= 0.3 is 0 Å².